The zero-order valence-corrected chi connectivity index (χ0v) is 16.4. The summed E-state index contributed by atoms with van der Waals surface area (Å²) in [6.45, 7) is 1.32. The molecule has 1 atom stereocenters. The Kier molecular flexibility index (Phi) is 5.79. The maximum absolute atomic E-state index is 13.1. The fourth-order valence-electron chi connectivity index (χ4n) is 3.67. The highest BCUT2D eigenvalue weighted by Crippen LogP contribution is 2.36. The van der Waals surface area contributed by atoms with E-state index in [-0.39, 0.29) is 35.7 Å². The number of anilines is 2. The van der Waals surface area contributed by atoms with E-state index in [1.54, 1.807) is 0 Å². The fourth-order valence-corrected chi connectivity index (χ4v) is 5.44. The van der Waals surface area contributed by atoms with Crippen molar-refractivity contribution in [2.45, 2.75) is 31.5 Å². The summed E-state index contributed by atoms with van der Waals surface area (Å²) >= 11 is 0. The minimum Gasteiger partial charge on any atom is -0.374 e. The lowest BCUT2D eigenvalue weighted by Crippen LogP contribution is -2.41. The summed E-state index contributed by atoms with van der Waals surface area (Å²) in [4.78, 5) is 15.8. The second-order valence-electron chi connectivity index (χ2n) is 7.34. The number of halogens is 3. The van der Waals surface area contributed by atoms with Crippen molar-refractivity contribution in [3.63, 3.8) is 0 Å². The monoisotopic (exact) mass is 419 g/mol. The lowest BCUT2D eigenvalue weighted by Gasteiger charge is -2.26. The van der Waals surface area contributed by atoms with Crippen molar-refractivity contribution in [3.8, 4) is 0 Å². The molecule has 0 spiro atoms. The molecule has 2 fully saturated rings. The molecule has 0 radical (unpaired) electrons. The Morgan fingerprint density at radius 1 is 1.29 bits per heavy atom. The molecule has 156 valence electrons. The Balaban J connectivity index is 1.73. The number of hydrogen-bond donors (Lipinski definition) is 1. The van der Waals surface area contributed by atoms with Crippen molar-refractivity contribution in [1.82, 2.24) is 4.90 Å². The first-order chi connectivity index (χ1) is 13.1. The number of benzene rings is 1. The Morgan fingerprint density at radius 3 is 2.54 bits per heavy atom. The zero-order chi connectivity index (χ0) is 20.5. The van der Waals surface area contributed by atoms with Crippen LogP contribution in [-0.2, 0) is 20.8 Å². The third-order valence-electron chi connectivity index (χ3n) is 5.35. The highest BCUT2D eigenvalue weighted by Gasteiger charge is 2.33. The summed E-state index contributed by atoms with van der Waals surface area (Å²) in [5, 5.41) is 2.85. The number of carbonyl (C=O) groups excluding carboxylic acids is 1. The highest BCUT2D eigenvalue weighted by molar-refractivity contribution is 7.91. The first-order valence-corrected chi connectivity index (χ1v) is 11.0. The first-order valence-electron chi connectivity index (χ1n) is 9.23. The van der Waals surface area contributed by atoms with Crippen LogP contribution >= 0.6 is 0 Å². The number of carbonyl (C=O) groups is 1. The van der Waals surface area contributed by atoms with Gasteiger partial charge in [0, 0.05) is 26.2 Å². The number of nitrogens with zero attached hydrogens (tertiary/aromatic N) is 2. The molecule has 1 unspecified atom stereocenters. The van der Waals surface area contributed by atoms with Crippen molar-refractivity contribution in [1.29, 1.82) is 0 Å². The fraction of sp³-hybridized carbons (Fsp3) is 0.611. The Hall–Kier alpha value is -1.97. The number of nitrogens with one attached hydrogen (secondary N) is 1. The summed E-state index contributed by atoms with van der Waals surface area (Å²) in [6.07, 6.45) is -2.15. The third kappa shape index (κ3) is 4.71. The Morgan fingerprint density at radius 2 is 1.96 bits per heavy atom. The van der Waals surface area contributed by atoms with E-state index in [0.29, 0.717) is 12.1 Å². The van der Waals surface area contributed by atoms with Gasteiger partial charge in [0.2, 0.25) is 5.91 Å². The van der Waals surface area contributed by atoms with Crippen LogP contribution in [0.4, 0.5) is 24.5 Å². The standard InChI is InChI=1S/C18H24F3N3O3S/c1-23(14-6-9-28(26,27)12-14)17(25)11-22-15-10-13(18(19,20)21)4-5-16(15)24-7-2-3-8-24/h4-5,10,14,22H,2-3,6-9,11-12H2,1H3. The van der Waals surface area contributed by atoms with E-state index >= 15 is 0 Å². The van der Waals surface area contributed by atoms with Crippen molar-refractivity contribution in [2.24, 2.45) is 0 Å². The molecule has 1 aromatic carbocycles. The van der Waals surface area contributed by atoms with Gasteiger partial charge in [-0.15, -0.1) is 0 Å². The van der Waals surface area contributed by atoms with E-state index in [0.717, 1.165) is 38.1 Å². The summed E-state index contributed by atoms with van der Waals surface area (Å²) in [6, 6.07) is 3.13. The molecule has 10 heteroatoms. The van der Waals surface area contributed by atoms with E-state index in [1.165, 1.54) is 18.0 Å². The van der Waals surface area contributed by atoms with Crippen LogP contribution in [0.3, 0.4) is 0 Å². The van der Waals surface area contributed by atoms with E-state index in [9.17, 15) is 26.4 Å². The smallest absolute Gasteiger partial charge is 0.374 e. The SMILES string of the molecule is CN(C(=O)CNc1cc(C(F)(F)F)ccc1N1CCCC1)C1CCS(=O)(=O)C1. The van der Waals surface area contributed by atoms with Gasteiger partial charge in [-0.25, -0.2) is 8.42 Å². The Labute approximate surface area is 162 Å². The Bertz CT molecular complexity index is 836. The van der Waals surface area contributed by atoms with Gasteiger partial charge < -0.3 is 15.1 Å². The summed E-state index contributed by atoms with van der Waals surface area (Å²) < 4.78 is 62.5. The predicted molar refractivity (Wildman–Crippen MR) is 101 cm³/mol. The average Bonchev–Trinajstić information content (AvgIpc) is 3.27. The summed E-state index contributed by atoms with van der Waals surface area (Å²) in [5.41, 5.74) is 0.127. The molecule has 0 saturated carbocycles. The van der Waals surface area contributed by atoms with Gasteiger partial charge in [-0.3, -0.25) is 4.79 Å². The number of hydrogen-bond acceptors (Lipinski definition) is 5. The molecule has 2 heterocycles. The van der Waals surface area contributed by atoms with Crippen LogP contribution in [0.25, 0.3) is 0 Å². The summed E-state index contributed by atoms with van der Waals surface area (Å²) in [7, 11) is -1.60. The molecule has 1 N–H and O–H groups in total. The molecule has 0 aromatic heterocycles. The van der Waals surface area contributed by atoms with Gasteiger partial charge in [0.05, 0.1) is 35.0 Å². The second-order valence-corrected chi connectivity index (χ2v) is 9.57. The van der Waals surface area contributed by atoms with E-state index < -0.39 is 21.6 Å². The first kappa shape index (κ1) is 20.8. The van der Waals surface area contributed by atoms with Gasteiger partial charge >= 0.3 is 6.18 Å². The number of alkyl halides is 3. The number of amides is 1. The van der Waals surface area contributed by atoms with Crippen molar-refractivity contribution in [3.05, 3.63) is 23.8 Å². The minimum atomic E-state index is -4.47. The van der Waals surface area contributed by atoms with Gasteiger partial charge in [-0.2, -0.15) is 13.2 Å². The molecule has 2 aliphatic rings. The van der Waals surface area contributed by atoms with Crippen LogP contribution in [0, 0.1) is 0 Å². The van der Waals surface area contributed by atoms with Gasteiger partial charge in [0.15, 0.2) is 9.84 Å². The normalized spacial score (nSPS) is 21.7. The number of rotatable bonds is 5. The third-order valence-corrected chi connectivity index (χ3v) is 7.10. The average molecular weight is 419 g/mol. The van der Waals surface area contributed by atoms with E-state index in [1.807, 2.05) is 4.90 Å². The van der Waals surface area contributed by atoms with Crippen LogP contribution in [-0.4, -0.2) is 63.5 Å². The number of sulfone groups is 1. The van der Waals surface area contributed by atoms with Crippen LogP contribution < -0.4 is 10.2 Å². The van der Waals surface area contributed by atoms with Crippen LogP contribution in [0.5, 0.6) is 0 Å². The molecule has 1 aromatic rings. The van der Waals surface area contributed by atoms with Gasteiger partial charge in [0.25, 0.3) is 0 Å². The molecule has 28 heavy (non-hydrogen) atoms. The van der Waals surface area contributed by atoms with Gasteiger partial charge in [-0.05, 0) is 37.5 Å². The topological polar surface area (TPSA) is 69.7 Å². The predicted octanol–water partition coefficient (Wildman–Crippen LogP) is 2.36. The highest BCUT2D eigenvalue weighted by atomic mass is 32.2. The van der Waals surface area contributed by atoms with Crippen molar-refractivity contribution in [2.75, 3.05) is 48.4 Å². The van der Waals surface area contributed by atoms with Crippen LogP contribution in [0.1, 0.15) is 24.8 Å². The molecule has 2 saturated heterocycles. The van der Waals surface area contributed by atoms with E-state index in [2.05, 4.69) is 5.32 Å². The maximum Gasteiger partial charge on any atom is 0.416 e. The van der Waals surface area contributed by atoms with Crippen molar-refractivity contribution < 1.29 is 26.4 Å². The lowest BCUT2D eigenvalue weighted by molar-refractivity contribution is -0.137. The minimum absolute atomic E-state index is 0.0510. The summed E-state index contributed by atoms with van der Waals surface area (Å²) in [5.74, 6) is -0.375. The molecule has 1 amide bonds. The van der Waals surface area contributed by atoms with Crippen molar-refractivity contribution >= 4 is 27.1 Å². The molecular weight excluding hydrogens is 395 g/mol. The van der Waals surface area contributed by atoms with Crippen LogP contribution in [0.2, 0.25) is 0 Å². The lowest BCUT2D eigenvalue weighted by atomic mass is 10.1. The molecule has 0 aliphatic carbocycles. The molecule has 3 rings (SSSR count). The maximum atomic E-state index is 13.1. The quantitative estimate of drug-likeness (QED) is 0.794. The molecule has 6 nitrogen and oxygen atoms in total. The molecule has 2 aliphatic heterocycles. The van der Waals surface area contributed by atoms with Gasteiger partial charge in [0.1, 0.15) is 0 Å². The van der Waals surface area contributed by atoms with E-state index in [4.69, 9.17) is 0 Å². The van der Waals surface area contributed by atoms with Gasteiger partial charge in [-0.1, -0.05) is 0 Å². The largest absolute Gasteiger partial charge is 0.416 e. The zero-order valence-electron chi connectivity index (χ0n) is 15.6. The van der Waals surface area contributed by atoms with Crippen LogP contribution in [0.15, 0.2) is 18.2 Å². The molecular formula is C18H24F3N3O3S. The molecule has 0 bridgehead atoms. The second kappa shape index (κ2) is 7.81. The number of likely N-dealkylation sites (N-methyl/N-ethyl adjacent to an activating group) is 1.